The van der Waals surface area contributed by atoms with Crippen molar-refractivity contribution in [1.82, 2.24) is 5.32 Å². The van der Waals surface area contributed by atoms with Gasteiger partial charge in [0.05, 0.1) is 17.9 Å². The standard InChI is InChI=1S/C15H21N3O/c19-15(17-10-12-6-7-12)11-18-9-3-8-16-13-4-1-2-5-14(13)18/h1-2,4-5,12,16H,3,6-11H2,(H,17,19). The van der Waals surface area contributed by atoms with Gasteiger partial charge in [-0.2, -0.15) is 0 Å². The van der Waals surface area contributed by atoms with E-state index >= 15 is 0 Å². The van der Waals surface area contributed by atoms with Crippen molar-refractivity contribution in [3.8, 4) is 0 Å². The Bertz CT molecular complexity index is 456. The van der Waals surface area contributed by atoms with Gasteiger partial charge in [0.25, 0.3) is 0 Å². The molecule has 19 heavy (non-hydrogen) atoms. The van der Waals surface area contributed by atoms with E-state index in [1.165, 1.54) is 12.8 Å². The van der Waals surface area contributed by atoms with E-state index in [-0.39, 0.29) is 5.91 Å². The third kappa shape index (κ3) is 3.19. The molecule has 1 heterocycles. The molecule has 0 bridgehead atoms. The van der Waals surface area contributed by atoms with Crippen LogP contribution < -0.4 is 15.5 Å². The van der Waals surface area contributed by atoms with Crippen molar-refractivity contribution < 1.29 is 4.79 Å². The average molecular weight is 259 g/mol. The Morgan fingerprint density at radius 2 is 2.21 bits per heavy atom. The molecule has 0 saturated heterocycles. The molecule has 1 amide bonds. The van der Waals surface area contributed by atoms with E-state index in [2.05, 4.69) is 27.7 Å². The lowest BCUT2D eigenvalue weighted by Crippen LogP contribution is -2.38. The van der Waals surface area contributed by atoms with Crippen LogP contribution in [0.5, 0.6) is 0 Å². The molecule has 2 aliphatic rings. The summed E-state index contributed by atoms with van der Waals surface area (Å²) >= 11 is 0. The second kappa shape index (κ2) is 5.51. The van der Waals surface area contributed by atoms with Gasteiger partial charge in [0.15, 0.2) is 0 Å². The summed E-state index contributed by atoms with van der Waals surface area (Å²) in [6.45, 7) is 3.22. The van der Waals surface area contributed by atoms with Crippen molar-refractivity contribution in [3.63, 3.8) is 0 Å². The molecule has 0 atom stereocenters. The maximum atomic E-state index is 12.0. The number of carbonyl (C=O) groups is 1. The lowest BCUT2D eigenvalue weighted by atomic mass is 10.2. The molecule has 3 rings (SSSR count). The van der Waals surface area contributed by atoms with Crippen LogP contribution in [0.2, 0.25) is 0 Å². The van der Waals surface area contributed by atoms with Gasteiger partial charge < -0.3 is 15.5 Å². The maximum Gasteiger partial charge on any atom is 0.239 e. The SMILES string of the molecule is O=C(CN1CCCNc2ccccc21)NCC1CC1. The van der Waals surface area contributed by atoms with Gasteiger partial charge in [0.2, 0.25) is 5.91 Å². The van der Waals surface area contributed by atoms with Gasteiger partial charge in [-0.25, -0.2) is 0 Å². The number of nitrogens with one attached hydrogen (secondary N) is 2. The van der Waals surface area contributed by atoms with Crippen LogP contribution in [-0.2, 0) is 4.79 Å². The van der Waals surface area contributed by atoms with Gasteiger partial charge >= 0.3 is 0 Å². The summed E-state index contributed by atoms with van der Waals surface area (Å²) in [5.74, 6) is 0.880. The Labute approximate surface area is 114 Å². The van der Waals surface area contributed by atoms with E-state index in [0.717, 1.165) is 43.3 Å². The van der Waals surface area contributed by atoms with Crippen LogP contribution in [0.1, 0.15) is 19.3 Å². The highest BCUT2D eigenvalue weighted by Gasteiger charge is 2.22. The summed E-state index contributed by atoms with van der Waals surface area (Å²) in [6.07, 6.45) is 3.61. The molecule has 1 saturated carbocycles. The third-order valence-electron chi connectivity index (χ3n) is 3.78. The zero-order valence-electron chi connectivity index (χ0n) is 11.2. The van der Waals surface area contributed by atoms with Crippen LogP contribution in [0.25, 0.3) is 0 Å². The summed E-state index contributed by atoms with van der Waals surface area (Å²) in [5.41, 5.74) is 2.27. The molecule has 0 aromatic heterocycles. The number of hydrogen-bond acceptors (Lipinski definition) is 3. The molecular weight excluding hydrogens is 238 g/mol. The van der Waals surface area contributed by atoms with E-state index in [1.54, 1.807) is 0 Å². The van der Waals surface area contributed by atoms with Crippen LogP contribution >= 0.6 is 0 Å². The van der Waals surface area contributed by atoms with Crippen molar-refractivity contribution in [1.29, 1.82) is 0 Å². The van der Waals surface area contributed by atoms with Crippen molar-refractivity contribution in [2.75, 3.05) is 36.4 Å². The van der Waals surface area contributed by atoms with Gasteiger partial charge in [0, 0.05) is 19.6 Å². The molecule has 1 aromatic carbocycles. The molecule has 0 spiro atoms. The largest absolute Gasteiger partial charge is 0.383 e. The van der Waals surface area contributed by atoms with Crippen LogP contribution in [0.15, 0.2) is 24.3 Å². The van der Waals surface area contributed by atoms with Gasteiger partial charge in [0.1, 0.15) is 0 Å². The molecule has 0 unspecified atom stereocenters. The minimum absolute atomic E-state index is 0.142. The fourth-order valence-corrected chi connectivity index (χ4v) is 2.49. The van der Waals surface area contributed by atoms with Gasteiger partial charge in [-0.1, -0.05) is 12.1 Å². The van der Waals surface area contributed by atoms with E-state index in [0.29, 0.717) is 6.54 Å². The zero-order valence-corrected chi connectivity index (χ0v) is 11.2. The Morgan fingerprint density at radius 3 is 3.05 bits per heavy atom. The van der Waals surface area contributed by atoms with E-state index in [4.69, 9.17) is 0 Å². The van der Waals surface area contributed by atoms with Crippen LogP contribution in [-0.4, -0.2) is 32.1 Å². The number of carbonyl (C=O) groups excluding carboxylic acids is 1. The highest BCUT2D eigenvalue weighted by atomic mass is 16.2. The lowest BCUT2D eigenvalue weighted by molar-refractivity contribution is -0.119. The molecule has 4 nitrogen and oxygen atoms in total. The number of rotatable bonds is 4. The molecule has 2 N–H and O–H groups in total. The number of amides is 1. The molecule has 1 aliphatic heterocycles. The number of nitrogens with zero attached hydrogens (tertiary/aromatic N) is 1. The number of benzene rings is 1. The summed E-state index contributed by atoms with van der Waals surface area (Å²) in [7, 11) is 0. The second-order valence-corrected chi connectivity index (χ2v) is 5.47. The van der Waals surface area contributed by atoms with E-state index in [1.807, 2.05) is 12.1 Å². The number of anilines is 2. The highest BCUT2D eigenvalue weighted by molar-refractivity contribution is 5.83. The van der Waals surface area contributed by atoms with Gasteiger partial charge in [-0.15, -0.1) is 0 Å². The van der Waals surface area contributed by atoms with Crippen molar-refractivity contribution in [3.05, 3.63) is 24.3 Å². The van der Waals surface area contributed by atoms with Crippen molar-refractivity contribution in [2.24, 2.45) is 5.92 Å². The number of para-hydroxylation sites is 2. The van der Waals surface area contributed by atoms with Crippen molar-refractivity contribution in [2.45, 2.75) is 19.3 Å². The quantitative estimate of drug-likeness (QED) is 0.867. The molecule has 1 aliphatic carbocycles. The summed E-state index contributed by atoms with van der Waals surface area (Å²) in [6, 6.07) is 8.22. The first-order valence-corrected chi connectivity index (χ1v) is 7.17. The molecule has 1 fully saturated rings. The first-order valence-electron chi connectivity index (χ1n) is 7.17. The Morgan fingerprint density at radius 1 is 1.37 bits per heavy atom. The second-order valence-electron chi connectivity index (χ2n) is 5.47. The average Bonchev–Trinajstić information content (AvgIpc) is 3.24. The van der Waals surface area contributed by atoms with Crippen molar-refractivity contribution >= 4 is 17.3 Å². The molecule has 4 heteroatoms. The first-order chi connectivity index (χ1) is 9.33. The Hall–Kier alpha value is -1.71. The maximum absolute atomic E-state index is 12.0. The fourth-order valence-electron chi connectivity index (χ4n) is 2.49. The Kier molecular flexibility index (Phi) is 3.58. The van der Waals surface area contributed by atoms with E-state index < -0.39 is 0 Å². The predicted molar refractivity (Wildman–Crippen MR) is 77.5 cm³/mol. The van der Waals surface area contributed by atoms with Gasteiger partial charge in [-0.05, 0) is 37.3 Å². The summed E-state index contributed by atoms with van der Waals surface area (Å²) in [5, 5.41) is 6.46. The highest BCUT2D eigenvalue weighted by Crippen LogP contribution is 2.28. The third-order valence-corrected chi connectivity index (χ3v) is 3.78. The lowest BCUT2D eigenvalue weighted by Gasteiger charge is -2.23. The van der Waals surface area contributed by atoms with Crippen LogP contribution in [0, 0.1) is 5.92 Å². The molecular formula is C15H21N3O. The minimum Gasteiger partial charge on any atom is -0.383 e. The number of fused-ring (bicyclic) bond motifs is 1. The zero-order chi connectivity index (χ0) is 13.1. The van der Waals surface area contributed by atoms with E-state index in [9.17, 15) is 4.79 Å². The first kappa shape index (κ1) is 12.3. The fraction of sp³-hybridized carbons (Fsp3) is 0.533. The van der Waals surface area contributed by atoms with Gasteiger partial charge in [-0.3, -0.25) is 4.79 Å². The number of hydrogen-bond donors (Lipinski definition) is 2. The monoisotopic (exact) mass is 259 g/mol. The molecule has 0 radical (unpaired) electrons. The molecule has 102 valence electrons. The summed E-state index contributed by atoms with van der Waals surface area (Å²) < 4.78 is 0. The van der Waals surface area contributed by atoms with Crippen LogP contribution in [0.4, 0.5) is 11.4 Å². The Balaban J connectivity index is 1.64. The normalized spacial score (nSPS) is 18.2. The van der Waals surface area contributed by atoms with Crippen LogP contribution in [0.3, 0.4) is 0 Å². The minimum atomic E-state index is 0.142. The summed E-state index contributed by atoms with van der Waals surface area (Å²) in [4.78, 5) is 14.2. The molecule has 1 aromatic rings. The predicted octanol–water partition coefficient (Wildman–Crippen LogP) is 1.83. The smallest absolute Gasteiger partial charge is 0.239 e. The topological polar surface area (TPSA) is 44.4 Å².